The minimum absolute atomic E-state index is 0.0601. The van der Waals surface area contributed by atoms with Crippen molar-refractivity contribution in [2.45, 2.75) is 38.0 Å². The van der Waals surface area contributed by atoms with E-state index in [1.54, 1.807) is 0 Å². The zero-order valence-corrected chi connectivity index (χ0v) is 15.7. The molecule has 3 rings (SSSR count). The Kier molecular flexibility index (Phi) is 6.35. The Bertz CT molecular complexity index is 831. The lowest BCUT2D eigenvalue weighted by Gasteiger charge is -2.22. The fourth-order valence-electron chi connectivity index (χ4n) is 3.43. The minimum atomic E-state index is -1.16. The first-order valence-corrected chi connectivity index (χ1v) is 9.46. The van der Waals surface area contributed by atoms with Gasteiger partial charge in [0.05, 0.1) is 11.3 Å². The molecule has 1 saturated carbocycles. The Hall–Kier alpha value is -2.53. The summed E-state index contributed by atoms with van der Waals surface area (Å²) in [5, 5.41) is 12.1. The molecular weight excluding hydrogens is 366 g/mol. The number of nitrogens with one attached hydrogen (secondary N) is 1. The number of anilines is 1. The number of carbonyl (C=O) groups is 2. The summed E-state index contributed by atoms with van der Waals surface area (Å²) in [6.45, 7) is -0.199. The summed E-state index contributed by atoms with van der Waals surface area (Å²) in [7, 11) is 0. The van der Waals surface area contributed by atoms with Crippen LogP contribution in [0.25, 0.3) is 0 Å². The van der Waals surface area contributed by atoms with E-state index in [0.717, 1.165) is 0 Å². The predicted octanol–water partition coefficient (Wildman–Crippen LogP) is 5.10. The molecule has 1 aliphatic carbocycles. The van der Waals surface area contributed by atoms with E-state index in [-0.39, 0.29) is 17.9 Å². The SMILES string of the molecule is O=C(COc1cccc(C2CCCCC2)c1)Nc1ccc(Cl)cc1C(=O)O. The number of benzene rings is 2. The third-order valence-electron chi connectivity index (χ3n) is 4.79. The topological polar surface area (TPSA) is 75.6 Å². The van der Waals surface area contributed by atoms with Crippen LogP contribution in [0.3, 0.4) is 0 Å². The number of ether oxygens (including phenoxy) is 1. The molecule has 6 heteroatoms. The van der Waals surface area contributed by atoms with Crippen molar-refractivity contribution in [2.24, 2.45) is 0 Å². The van der Waals surface area contributed by atoms with Gasteiger partial charge in [0.2, 0.25) is 0 Å². The van der Waals surface area contributed by atoms with Gasteiger partial charge in [0, 0.05) is 5.02 Å². The molecule has 0 spiro atoms. The fraction of sp³-hybridized carbons (Fsp3) is 0.333. The van der Waals surface area contributed by atoms with Gasteiger partial charge in [-0.05, 0) is 54.7 Å². The van der Waals surface area contributed by atoms with Gasteiger partial charge in [0.1, 0.15) is 5.75 Å². The van der Waals surface area contributed by atoms with Gasteiger partial charge < -0.3 is 15.2 Å². The first kappa shape index (κ1) is 19.2. The van der Waals surface area contributed by atoms with Crippen molar-refractivity contribution >= 4 is 29.2 Å². The van der Waals surface area contributed by atoms with Crippen molar-refractivity contribution in [3.63, 3.8) is 0 Å². The number of hydrogen-bond acceptors (Lipinski definition) is 3. The first-order chi connectivity index (χ1) is 13.0. The smallest absolute Gasteiger partial charge is 0.337 e. The zero-order valence-electron chi connectivity index (χ0n) is 14.9. The molecule has 27 heavy (non-hydrogen) atoms. The minimum Gasteiger partial charge on any atom is -0.484 e. The molecule has 0 unspecified atom stereocenters. The number of carboxylic acids is 1. The van der Waals surface area contributed by atoms with Crippen LogP contribution in [0, 0.1) is 0 Å². The Morgan fingerprint density at radius 1 is 1.11 bits per heavy atom. The van der Waals surface area contributed by atoms with Gasteiger partial charge in [-0.25, -0.2) is 4.79 Å². The third-order valence-corrected chi connectivity index (χ3v) is 5.03. The van der Waals surface area contributed by atoms with Crippen LogP contribution in [0.2, 0.25) is 5.02 Å². The highest BCUT2D eigenvalue weighted by Crippen LogP contribution is 2.33. The summed E-state index contributed by atoms with van der Waals surface area (Å²) in [6.07, 6.45) is 6.20. The van der Waals surface area contributed by atoms with Crippen molar-refractivity contribution in [3.05, 3.63) is 58.6 Å². The highest BCUT2D eigenvalue weighted by Gasteiger charge is 2.16. The molecule has 1 fully saturated rings. The lowest BCUT2D eigenvalue weighted by molar-refractivity contribution is -0.118. The van der Waals surface area contributed by atoms with Crippen LogP contribution >= 0.6 is 11.6 Å². The molecule has 0 aliphatic heterocycles. The Morgan fingerprint density at radius 3 is 2.63 bits per heavy atom. The summed E-state index contributed by atoms with van der Waals surface area (Å²) in [5.74, 6) is -0.386. The normalized spacial score (nSPS) is 14.6. The van der Waals surface area contributed by atoms with E-state index in [4.69, 9.17) is 16.3 Å². The molecule has 0 atom stereocenters. The van der Waals surface area contributed by atoms with E-state index in [0.29, 0.717) is 16.7 Å². The van der Waals surface area contributed by atoms with Crippen molar-refractivity contribution in [3.8, 4) is 5.75 Å². The Labute approximate surface area is 163 Å². The van der Waals surface area contributed by atoms with Crippen LogP contribution in [-0.2, 0) is 4.79 Å². The second-order valence-electron chi connectivity index (χ2n) is 6.74. The van der Waals surface area contributed by atoms with E-state index in [2.05, 4.69) is 11.4 Å². The van der Waals surface area contributed by atoms with Crippen LogP contribution < -0.4 is 10.1 Å². The van der Waals surface area contributed by atoms with Crippen molar-refractivity contribution in [2.75, 3.05) is 11.9 Å². The first-order valence-electron chi connectivity index (χ1n) is 9.08. The fourth-order valence-corrected chi connectivity index (χ4v) is 3.60. The Morgan fingerprint density at radius 2 is 1.89 bits per heavy atom. The number of amides is 1. The second-order valence-corrected chi connectivity index (χ2v) is 7.18. The van der Waals surface area contributed by atoms with E-state index < -0.39 is 11.9 Å². The monoisotopic (exact) mass is 387 g/mol. The Balaban J connectivity index is 1.60. The van der Waals surface area contributed by atoms with E-state index in [9.17, 15) is 14.7 Å². The van der Waals surface area contributed by atoms with Crippen LogP contribution in [0.15, 0.2) is 42.5 Å². The maximum absolute atomic E-state index is 12.2. The van der Waals surface area contributed by atoms with Gasteiger partial charge in [0.25, 0.3) is 5.91 Å². The summed E-state index contributed by atoms with van der Waals surface area (Å²) in [5.41, 5.74) is 1.38. The molecule has 2 N–H and O–H groups in total. The lowest BCUT2D eigenvalue weighted by atomic mass is 9.84. The summed E-state index contributed by atoms with van der Waals surface area (Å²) in [6, 6.07) is 12.2. The van der Waals surface area contributed by atoms with Gasteiger partial charge in [-0.2, -0.15) is 0 Å². The molecule has 0 saturated heterocycles. The molecule has 0 bridgehead atoms. The van der Waals surface area contributed by atoms with Gasteiger partial charge in [-0.3, -0.25) is 4.79 Å². The van der Waals surface area contributed by atoms with Gasteiger partial charge in [0.15, 0.2) is 6.61 Å². The summed E-state index contributed by atoms with van der Waals surface area (Å²) >= 11 is 5.82. The average Bonchev–Trinajstić information content (AvgIpc) is 2.68. The number of aromatic carboxylic acids is 1. The van der Waals surface area contributed by atoms with Crippen molar-refractivity contribution < 1.29 is 19.4 Å². The van der Waals surface area contributed by atoms with Crippen LogP contribution in [-0.4, -0.2) is 23.6 Å². The summed E-state index contributed by atoms with van der Waals surface area (Å²) in [4.78, 5) is 23.5. The van der Waals surface area contributed by atoms with Crippen LogP contribution in [0.5, 0.6) is 5.75 Å². The summed E-state index contributed by atoms with van der Waals surface area (Å²) < 4.78 is 5.61. The highest BCUT2D eigenvalue weighted by atomic mass is 35.5. The number of carboxylic acid groups (broad SMARTS) is 1. The molecule has 0 radical (unpaired) electrons. The van der Waals surface area contributed by atoms with Crippen LogP contribution in [0.1, 0.15) is 53.9 Å². The van der Waals surface area contributed by atoms with E-state index in [1.807, 2.05) is 18.2 Å². The molecule has 2 aromatic carbocycles. The number of rotatable bonds is 6. The second kappa shape index (κ2) is 8.91. The lowest BCUT2D eigenvalue weighted by Crippen LogP contribution is -2.21. The van der Waals surface area contributed by atoms with Crippen LogP contribution in [0.4, 0.5) is 5.69 Å². The van der Waals surface area contributed by atoms with Gasteiger partial charge in [-0.1, -0.05) is 43.0 Å². The molecule has 0 heterocycles. The maximum Gasteiger partial charge on any atom is 0.337 e. The van der Waals surface area contributed by atoms with E-state index >= 15 is 0 Å². The molecule has 1 aliphatic rings. The molecule has 0 aromatic heterocycles. The molecule has 142 valence electrons. The van der Waals surface area contributed by atoms with Crippen molar-refractivity contribution in [1.82, 2.24) is 0 Å². The highest BCUT2D eigenvalue weighted by molar-refractivity contribution is 6.31. The van der Waals surface area contributed by atoms with Crippen molar-refractivity contribution in [1.29, 1.82) is 0 Å². The third kappa shape index (κ3) is 5.23. The maximum atomic E-state index is 12.2. The number of carbonyl (C=O) groups excluding carboxylic acids is 1. The standard InChI is InChI=1S/C21H22ClNO4/c22-16-9-10-19(18(12-16)21(25)26)23-20(24)13-27-17-8-4-7-15(11-17)14-5-2-1-3-6-14/h4,7-12,14H,1-3,5-6,13H2,(H,23,24)(H,25,26). The largest absolute Gasteiger partial charge is 0.484 e. The molecular formula is C21H22ClNO4. The predicted molar refractivity (Wildman–Crippen MR) is 105 cm³/mol. The average molecular weight is 388 g/mol. The van der Waals surface area contributed by atoms with E-state index in [1.165, 1.54) is 55.9 Å². The molecule has 5 nitrogen and oxygen atoms in total. The van der Waals surface area contributed by atoms with Gasteiger partial charge >= 0.3 is 5.97 Å². The van der Waals surface area contributed by atoms with Gasteiger partial charge in [-0.15, -0.1) is 0 Å². The molecule has 1 amide bonds. The number of hydrogen-bond donors (Lipinski definition) is 2. The molecule has 2 aromatic rings. The zero-order chi connectivity index (χ0) is 19.2. The quantitative estimate of drug-likeness (QED) is 0.722. The number of halogens is 1.